The highest BCUT2D eigenvalue weighted by Gasteiger charge is 2.25. The molecule has 0 unspecified atom stereocenters. The van der Waals surface area contributed by atoms with Gasteiger partial charge in [-0.1, -0.05) is 48.5 Å². The van der Waals surface area contributed by atoms with Gasteiger partial charge in [-0.15, -0.1) is 0 Å². The van der Waals surface area contributed by atoms with E-state index >= 15 is 8.78 Å². The highest BCUT2D eigenvalue weighted by Crippen LogP contribution is 2.43. The van der Waals surface area contributed by atoms with Gasteiger partial charge >= 0.3 is 0 Å². The van der Waals surface area contributed by atoms with Crippen LogP contribution in [0.2, 0.25) is 0 Å². The molecule has 0 spiro atoms. The average Bonchev–Trinajstić information content (AvgIpc) is 3.49. The number of hydrogen-bond acceptors (Lipinski definition) is 3. The first-order chi connectivity index (χ1) is 19.6. The minimum atomic E-state index is -0.700. The van der Waals surface area contributed by atoms with E-state index in [1.165, 1.54) is 30.3 Å². The van der Waals surface area contributed by atoms with Crippen LogP contribution in [-0.4, -0.2) is 9.13 Å². The second kappa shape index (κ2) is 8.53. The number of rotatable bonds is 2. The molecule has 5 aromatic carbocycles. The lowest BCUT2D eigenvalue weighted by atomic mass is 10.0. The third-order valence-electron chi connectivity index (χ3n) is 7.33. The van der Waals surface area contributed by atoms with Crippen molar-refractivity contribution >= 4 is 43.6 Å². The second-order valence-corrected chi connectivity index (χ2v) is 9.39. The highest BCUT2D eigenvalue weighted by atomic mass is 19.1. The molecule has 2 heterocycles. The fourth-order valence-corrected chi connectivity index (χ4v) is 5.79. The van der Waals surface area contributed by atoms with Crippen LogP contribution in [-0.2, 0) is 0 Å². The molecule has 0 aliphatic heterocycles. The number of aromatic nitrogens is 2. The quantitative estimate of drug-likeness (QED) is 0.234. The molecule has 5 nitrogen and oxygen atoms in total. The Labute approximate surface area is 226 Å². The first kappa shape index (κ1) is 23.2. The summed E-state index contributed by atoms with van der Waals surface area (Å²) < 4.78 is 34.2. The Morgan fingerprint density at radius 1 is 0.525 bits per heavy atom. The van der Waals surface area contributed by atoms with Gasteiger partial charge in [0, 0.05) is 21.5 Å². The summed E-state index contributed by atoms with van der Waals surface area (Å²) in [6.45, 7) is 0. The van der Waals surface area contributed by atoms with Crippen LogP contribution in [0.15, 0.2) is 91.0 Å². The molecule has 0 atom stereocenters. The number of benzene rings is 5. The molecule has 0 fully saturated rings. The van der Waals surface area contributed by atoms with Crippen molar-refractivity contribution < 1.29 is 8.78 Å². The molecule has 7 rings (SSSR count). The Kier molecular flexibility index (Phi) is 4.94. The summed E-state index contributed by atoms with van der Waals surface area (Å²) in [5.41, 5.74) is 3.28. The van der Waals surface area contributed by atoms with Gasteiger partial charge in [-0.3, -0.25) is 0 Å². The van der Waals surface area contributed by atoms with Crippen LogP contribution < -0.4 is 0 Å². The number of nitrogens with zero attached hydrogens (tertiary/aromatic N) is 5. The first-order valence-corrected chi connectivity index (χ1v) is 12.4. The predicted octanol–water partition coefficient (Wildman–Crippen LogP) is 7.77. The molecule has 186 valence electrons. The molecule has 0 N–H and O–H groups in total. The maximum absolute atomic E-state index is 15.4. The molecule has 7 aromatic rings. The van der Waals surface area contributed by atoms with Gasteiger partial charge in [-0.05, 0) is 42.5 Å². The van der Waals surface area contributed by atoms with Crippen molar-refractivity contribution in [2.24, 2.45) is 0 Å². The lowest BCUT2D eigenvalue weighted by Gasteiger charge is -2.13. The van der Waals surface area contributed by atoms with Crippen molar-refractivity contribution in [1.82, 2.24) is 9.13 Å². The summed E-state index contributed by atoms with van der Waals surface area (Å²) in [6.07, 6.45) is 0. The van der Waals surface area contributed by atoms with E-state index in [1.54, 1.807) is 4.57 Å². The number of hydrogen-bond donors (Lipinski definition) is 0. The minimum Gasteiger partial charge on any atom is -0.307 e. The van der Waals surface area contributed by atoms with Gasteiger partial charge in [-0.25, -0.2) is 8.78 Å². The summed E-state index contributed by atoms with van der Waals surface area (Å²) in [7, 11) is 0. The molecule has 0 aliphatic carbocycles. The lowest BCUT2D eigenvalue weighted by molar-refractivity contribution is 0.573. The molecule has 2 aromatic heterocycles. The van der Waals surface area contributed by atoms with E-state index in [0.29, 0.717) is 33.1 Å². The summed E-state index contributed by atoms with van der Waals surface area (Å²) in [5.74, 6) is -1.40. The number of fused-ring (bicyclic) bond motifs is 7. The Morgan fingerprint density at radius 3 is 1.75 bits per heavy atom. The average molecular weight is 520 g/mol. The van der Waals surface area contributed by atoms with Crippen LogP contribution in [0, 0.1) is 45.6 Å². The third kappa shape index (κ3) is 3.02. The monoisotopic (exact) mass is 519 g/mol. The van der Waals surface area contributed by atoms with Crippen molar-refractivity contribution in [1.29, 1.82) is 15.8 Å². The Morgan fingerprint density at radius 2 is 1.12 bits per heavy atom. The maximum atomic E-state index is 15.4. The topological polar surface area (TPSA) is 81.2 Å². The molecule has 0 radical (unpaired) electrons. The van der Waals surface area contributed by atoms with E-state index < -0.39 is 11.6 Å². The molecule has 0 saturated heterocycles. The number of nitriles is 3. The Balaban J connectivity index is 1.77. The normalized spacial score (nSPS) is 11.2. The van der Waals surface area contributed by atoms with Crippen LogP contribution >= 0.6 is 0 Å². The van der Waals surface area contributed by atoms with Gasteiger partial charge in [0.1, 0.15) is 29.5 Å². The smallest absolute Gasteiger partial charge is 0.150 e. The van der Waals surface area contributed by atoms with Gasteiger partial charge in [0.15, 0.2) is 0 Å². The number of halogens is 2. The highest BCUT2D eigenvalue weighted by molar-refractivity contribution is 6.26. The van der Waals surface area contributed by atoms with Crippen molar-refractivity contribution in [3.63, 3.8) is 0 Å². The summed E-state index contributed by atoms with van der Waals surface area (Å²) in [5, 5.41) is 32.7. The van der Waals surface area contributed by atoms with Crippen LogP contribution in [0.3, 0.4) is 0 Å². The fourth-order valence-electron chi connectivity index (χ4n) is 5.79. The molecular formula is C33H15F2N5. The summed E-state index contributed by atoms with van der Waals surface area (Å²) in [6, 6.07) is 31.8. The standard InChI is InChI=1S/C33H15F2N5/c34-25-8-5-9-26(35)33(25)40-27-10-3-1-6-22(27)23-12-13-29-30(32(23)40)24-7-2-4-11-28(24)39(29)31-20(17-37)14-19(16-36)15-21(31)18-38/h1-15H. The van der Waals surface area contributed by atoms with Crippen LogP contribution in [0.25, 0.3) is 55.0 Å². The van der Waals surface area contributed by atoms with E-state index in [2.05, 4.69) is 12.1 Å². The van der Waals surface area contributed by atoms with Crippen molar-refractivity contribution in [3.05, 3.63) is 119 Å². The molecule has 7 heteroatoms. The molecular weight excluding hydrogens is 504 g/mol. The van der Waals surface area contributed by atoms with Gasteiger partial charge in [0.25, 0.3) is 0 Å². The first-order valence-electron chi connectivity index (χ1n) is 12.4. The largest absolute Gasteiger partial charge is 0.307 e. The van der Waals surface area contributed by atoms with E-state index in [0.717, 1.165) is 16.2 Å². The molecule has 0 saturated carbocycles. The van der Waals surface area contributed by atoms with Crippen LogP contribution in [0.1, 0.15) is 16.7 Å². The second-order valence-electron chi connectivity index (χ2n) is 9.39. The SMILES string of the molecule is N#Cc1cc(C#N)c(-n2c3ccccc3c3c2ccc2c4ccccc4n(-c4c(F)cccc4F)c23)c(C#N)c1. The van der Waals surface area contributed by atoms with Gasteiger partial charge in [-0.2, -0.15) is 15.8 Å². The van der Waals surface area contributed by atoms with Gasteiger partial charge < -0.3 is 9.13 Å². The van der Waals surface area contributed by atoms with Crippen molar-refractivity contribution in [2.75, 3.05) is 0 Å². The molecule has 0 amide bonds. The zero-order valence-corrected chi connectivity index (χ0v) is 20.7. The molecule has 0 bridgehead atoms. The van der Waals surface area contributed by atoms with Crippen molar-refractivity contribution in [3.8, 4) is 29.6 Å². The Hall–Kier alpha value is -5.97. The zero-order chi connectivity index (χ0) is 27.5. The van der Waals surface area contributed by atoms with Crippen molar-refractivity contribution in [2.45, 2.75) is 0 Å². The van der Waals surface area contributed by atoms with Crippen LogP contribution in [0.4, 0.5) is 8.78 Å². The fraction of sp³-hybridized carbons (Fsp3) is 0. The molecule has 0 aliphatic rings. The van der Waals surface area contributed by atoms with Gasteiger partial charge in [0.05, 0.1) is 50.5 Å². The molecule has 40 heavy (non-hydrogen) atoms. The van der Waals surface area contributed by atoms with E-state index in [1.807, 2.05) is 71.3 Å². The van der Waals surface area contributed by atoms with Gasteiger partial charge in [0.2, 0.25) is 0 Å². The van der Waals surface area contributed by atoms with E-state index in [9.17, 15) is 15.8 Å². The summed E-state index contributed by atoms with van der Waals surface area (Å²) in [4.78, 5) is 0. The summed E-state index contributed by atoms with van der Waals surface area (Å²) >= 11 is 0. The number of para-hydroxylation sites is 3. The lowest BCUT2D eigenvalue weighted by Crippen LogP contribution is -2.03. The zero-order valence-electron chi connectivity index (χ0n) is 20.7. The third-order valence-corrected chi connectivity index (χ3v) is 7.33. The minimum absolute atomic E-state index is 0.166. The maximum Gasteiger partial charge on any atom is 0.150 e. The Bertz CT molecular complexity index is 2280. The van der Waals surface area contributed by atoms with E-state index in [4.69, 9.17) is 0 Å². The van der Waals surface area contributed by atoms with E-state index in [-0.39, 0.29) is 22.4 Å². The predicted molar refractivity (Wildman–Crippen MR) is 149 cm³/mol. The van der Waals surface area contributed by atoms with Crippen LogP contribution in [0.5, 0.6) is 0 Å².